The van der Waals surface area contributed by atoms with E-state index in [0.29, 0.717) is 0 Å². The molecule has 86 valence electrons. The van der Waals surface area contributed by atoms with Crippen molar-refractivity contribution in [1.29, 1.82) is 0 Å². The van der Waals surface area contributed by atoms with Crippen LogP contribution in [0.3, 0.4) is 0 Å². The molecule has 1 heterocycles. The molecule has 0 amide bonds. The first-order valence-electron chi connectivity index (χ1n) is 5.86. The number of rotatable bonds is 3. The molecule has 1 aromatic heterocycles. The minimum Gasteiger partial charge on any atom is -0.358 e. The van der Waals surface area contributed by atoms with Crippen LogP contribution in [-0.4, -0.2) is 24.0 Å². The van der Waals surface area contributed by atoms with Crippen LogP contribution < -0.4 is 0 Å². The lowest BCUT2D eigenvalue weighted by Crippen LogP contribution is -2.11. The number of aromatic amines is 1. The lowest BCUT2D eigenvalue weighted by molar-refractivity contribution is 0.402. The van der Waals surface area contributed by atoms with Gasteiger partial charge in [-0.25, -0.2) is 0 Å². The fraction of sp³-hybridized carbons (Fsp3) is 0.429. The number of aromatic nitrogens is 1. The van der Waals surface area contributed by atoms with Crippen molar-refractivity contribution in [2.45, 2.75) is 26.8 Å². The van der Waals surface area contributed by atoms with Gasteiger partial charge in [0, 0.05) is 23.1 Å². The van der Waals surface area contributed by atoms with E-state index in [1.54, 1.807) is 0 Å². The molecule has 2 nitrogen and oxygen atoms in total. The molecule has 16 heavy (non-hydrogen) atoms. The van der Waals surface area contributed by atoms with Gasteiger partial charge in [-0.3, -0.25) is 0 Å². The van der Waals surface area contributed by atoms with Crippen molar-refractivity contribution < 1.29 is 0 Å². The van der Waals surface area contributed by atoms with E-state index in [0.717, 1.165) is 13.0 Å². The Kier molecular flexibility index (Phi) is 3.01. The monoisotopic (exact) mass is 216 g/mol. The highest BCUT2D eigenvalue weighted by Crippen LogP contribution is 2.24. The summed E-state index contributed by atoms with van der Waals surface area (Å²) in [6, 6.07) is 6.65. The second-order valence-electron chi connectivity index (χ2n) is 4.72. The molecule has 0 aliphatic heterocycles. The molecule has 0 unspecified atom stereocenters. The molecule has 2 rings (SSSR count). The zero-order chi connectivity index (χ0) is 11.7. The third-order valence-corrected chi connectivity index (χ3v) is 2.98. The van der Waals surface area contributed by atoms with E-state index in [-0.39, 0.29) is 0 Å². The molecule has 0 radical (unpaired) electrons. The van der Waals surface area contributed by atoms with E-state index >= 15 is 0 Å². The summed E-state index contributed by atoms with van der Waals surface area (Å²) in [7, 11) is 4.24. The number of H-pyrrole nitrogens is 1. The van der Waals surface area contributed by atoms with Gasteiger partial charge in [0.05, 0.1) is 0 Å². The molecule has 0 bridgehead atoms. The van der Waals surface area contributed by atoms with Crippen molar-refractivity contribution in [3.8, 4) is 0 Å². The number of hydrogen-bond donors (Lipinski definition) is 1. The number of aryl methyl sites for hydroxylation is 2. The van der Waals surface area contributed by atoms with Crippen LogP contribution in [0.25, 0.3) is 10.9 Å². The van der Waals surface area contributed by atoms with E-state index in [4.69, 9.17) is 0 Å². The second-order valence-corrected chi connectivity index (χ2v) is 4.72. The largest absolute Gasteiger partial charge is 0.358 e. The Balaban J connectivity index is 2.59. The molecular formula is C14H20N2. The van der Waals surface area contributed by atoms with E-state index in [9.17, 15) is 0 Å². The summed E-state index contributed by atoms with van der Waals surface area (Å²) < 4.78 is 0. The summed E-state index contributed by atoms with van der Waals surface area (Å²) in [4.78, 5) is 5.76. The van der Waals surface area contributed by atoms with Gasteiger partial charge < -0.3 is 9.88 Å². The maximum absolute atomic E-state index is 3.53. The molecule has 0 aliphatic rings. The molecule has 0 saturated heterocycles. The predicted molar refractivity (Wildman–Crippen MR) is 69.8 cm³/mol. The van der Waals surface area contributed by atoms with Crippen LogP contribution in [0, 0.1) is 6.92 Å². The second kappa shape index (κ2) is 4.30. The van der Waals surface area contributed by atoms with Gasteiger partial charge in [-0.05, 0) is 44.6 Å². The van der Waals surface area contributed by atoms with Crippen molar-refractivity contribution in [3.63, 3.8) is 0 Å². The Bertz CT molecular complexity index is 495. The van der Waals surface area contributed by atoms with Gasteiger partial charge in [-0.2, -0.15) is 0 Å². The Morgan fingerprint density at radius 3 is 2.62 bits per heavy atom. The molecule has 2 aromatic rings. The third-order valence-electron chi connectivity index (χ3n) is 2.98. The van der Waals surface area contributed by atoms with Crippen LogP contribution in [0.5, 0.6) is 0 Å². The molecule has 1 N–H and O–H groups in total. The first-order chi connectivity index (χ1) is 7.61. The number of nitrogens with one attached hydrogen (secondary N) is 1. The van der Waals surface area contributed by atoms with Gasteiger partial charge in [0.25, 0.3) is 0 Å². The predicted octanol–water partition coefficient (Wildman–Crippen LogP) is 3.10. The van der Waals surface area contributed by atoms with Crippen molar-refractivity contribution in [2.75, 3.05) is 14.1 Å². The Morgan fingerprint density at radius 2 is 2.00 bits per heavy atom. The van der Waals surface area contributed by atoms with E-state index in [2.05, 4.69) is 56.0 Å². The normalized spacial score (nSPS) is 11.6. The SMILES string of the molecule is CCc1[nH]c2cc(C)ccc2c1CN(C)C. The maximum Gasteiger partial charge on any atom is 0.0462 e. The van der Waals surface area contributed by atoms with Gasteiger partial charge in [0.2, 0.25) is 0 Å². The average Bonchev–Trinajstić information content (AvgIpc) is 2.55. The molecule has 2 heteroatoms. The molecule has 1 aromatic carbocycles. The van der Waals surface area contributed by atoms with Crippen molar-refractivity contribution >= 4 is 10.9 Å². The van der Waals surface area contributed by atoms with Crippen LogP contribution in [0.2, 0.25) is 0 Å². The fourth-order valence-electron chi connectivity index (χ4n) is 2.22. The zero-order valence-corrected chi connectivity index (χ0v) is 10.6. The first kappa shape index (κ1) is 11.2. The lowest BCUT2D eigenvalue weighted by atomic mass is 10.1. The van der Waals surface area contributed by atoms with Crippen LogP contribution in [0.4, 0.5) is 0 Å². The maximum atomic E-state index is 3.53. The molecule has 0 fully saturated rings. The van der Waals surface area contributed by atoms with Gasteiger partial charge in [0.15, 0.2) is 0 Å². The van der Waals surface area contributed by atoms with Crippen LogP contribution in [0.15, 0.2) is 18.2 Å². The molecule has 0 aliphatic carbocycles. The van der Waals surface area contributed by atoms with Crippen molar-refractivity contribution in [2.24, 2.45) is 0 Å². The van der Waals surface area contributed by atoms with E-state index in [1.807, 2.05) is 0 Å². The molecular weight excluding hydrogens is 196 g/mol. The van der Waals surface area contributed by atoms with Gasteiger partial charge >= 0.3 is 0 Å². The quantitative estimate of drug-likeness (QED) is 0.835. The highest BCUT2D eigenvalue weighted by Gasteiger charge is 2.10. The van der Waals surface area contributed by atoms with Crippen molar-refractivity contribution in [1.82, 2.24) is 9.88 Å². The summed E-state index contributed by atoms with van der Waals surface area (Å²) in [5.41, 5.74) is 5.40. The van der Waals surface area contributed by atoms with Gasteiger partial charge in [-0.1, -0.05) is 19.1 Å². The minimum absolute atomic E-state index is 1.01. The van der Waals surface area contributed by atoms with E-state index < -0.39 is 0 Å². The molecule has 0 spiro atoms. The topological polar surface area (TPSA) is 19.0 Å². The number of benzene rings is 1. The molecule has 0 saturated carbocycles. The highest BCUT2D eigenvalue weighted by atomic mass is 15.1. The number of hydrogen-bond acceptors (Lipinski definition) is 1. The lowest BCUT2D eigenvalue weighted by Gasteiger charge is -2.10. The Hall–Kier alpha value is -1.28. The third kappa shape index (κ3) is 1.98. The Labute approximate surface area is 97.3 Å². The summed E-state index contributed by atoms with van der Waals surface area (Å²) >= 11 is 0. The average molecular weight is 216 g/mol. The number of nitrogens with zero attached hydrogens (tertiary/aromatic N) is 1. The van der Waals surface area contributed by atoms with Gasteiger partial charge in [0.1, 0.15) is 0 Å². The standard InChI is InChI=1S/C14H20N2/c1-5-13-12(9-16(3)4)11-7-6-10(2)8-14(11)15-13/h6-8,15H,5,9H2,1-4H3. The summed E-state index contributed by atoms with van der Waals surface area (Å²) in [6.45, 7) is 5.35. The summed E-state index contributed by atoms with van der Waals surface area (Å²) in [5.74, 6) is 0. The number of fused-ring (bicyclic) bond motifs is 1. The zero-order valence-electron chi connectivity index (χ0n) is 10.6. The van der Waals surface area contributed by atoms with E-state index in [1.165, 1.54) is 27.7 Å². The summed E-state index contributed by atoms with van der Waals surface area (Å²) in [6.07, 6.45) is 1.07. The molecule has 0 atom stereocenters. The van der Waals surface area contributed by atoms with Crippen LogP contribution in [-0.2, 0) is 13.0 Å². The highest BCUT2D eigenvalue weighted by molar-refractivity contribution is 5.85. The minimum atomic E-state index is 1.01. The fourth-order valence-corrected chi connectivity index (χ4v) is 2.22. The van der Waals surface area contributed by atoms with Crippen LogP contribution >= 0.6 is 0 Å². The van der Waals surface area contributed by atoms with Gasteiger partial charge in [-0.15, -0.1) is 0 Å². The van der Waals surface area contributed by atoms with Crippen molar-refractivity contribution in [3.05, 3.63) is 35.0 Å². The smallest absolute Gasteiger partial charge is 0.0462 e. The van der Waals surface area contributed by atoms with Crippen LogP contribution in [0.1, 0.15) is 23.7 Å². The Morgan fingerprint density at radius 1 is 1.25 bits per heavy atom. The first-order valence-corrected chi connectivity index (χ1v) is 5.86. The summed E-state index contributed by atoms with van der Waals surface area (Å²) in [5, 5.41) is 1.37.